The highest BCUT2D eigenvalue weighted by Crippen LogP contribution is 2.28. The number of hydrogen-bond donors (Lipinski definition) is 1. The third-order valence-corrected chi connectivity index (χ3v) is 4.03. The Morgan fingerprint density at radius 2 is 1.90 bits per heavy atom. The van der Waals surface area contributed by atoms with E-state index in [4.69, 9.17) is 27.9 Å². The van der Waals surface area contributed by atoms with Gasteiger partial charge in [-0.3, -0.25) is 4.79 Å². The molecular formula is C14H10BrCl2NO2. The molecule has 0 aromatic heterocycles. The van der Waals surface area contributed by atoms with Crippen molar-refractivity contribution < 1.29 is 9.53 Å². The van der Waals surface area contributed by atoms with Gasteiger partial charge in [0.2, 0.25) is 0 Å². The minimum atomic E-state index is -0.280. The molecule has 0 aliphatic heterocycles. The number of nitrogens with one attached hydrogen (secondary N) is 1. The molecule has 0 bridgehead atoms. The standard InChI is InChI=1S/C14H10BrCl2NO2/c1-20-9-3-4-10(15)13(7-9)18-14(19)8-2-5-11(16)12(17)6-8/h2-7H,1H3,(H,18,19). The summed E-state index contributed by atoms with van der Waals surface area (Å²) >= 11 is 15.1. The summed E-state index contributed by atoms with van der Waals surface area (Å²) in [5.74, 6) is 0.371. The lowest BCUT2D eigenvalue weighted by Crippen LogP contribution is -2.12. The summed E-state index contributed by atoms with van der Waals surface area (Å²) in [7, 11) is 1.56. The summed E-state index contributed by atoms with van der Waals surface area (Å²) in [6, 6.07) is 10.0. The van der Waals surface area contributed by atoms with E-state index in [1.54, 1.807) is 37.4 Å². The van der Waals surface area contributed by atoms with Crippen LogP contribution in [0.4, 0.5) is 5.69 Å². The van der Waals surface area contributed by atoms with E-state index in [1.165, 1.54) is 6.07 Å². The maximum Gasteiger partial charge on any atom is 0.255 e. The van der Waals surface area contributed by atoms with Gasteiger partial charge < -0.3 is 10.1 Å². The van der Waals surface area contributed by atoms with Crippen LogP contribution >= 0.6 is 39.1 Å². The van der Waals surface area contributed by atoms with Crippen molar-refractivity contribution in [1.82, 2.24) is 0 Å². The topological polar surface area (TPSA) is 38.3 Å². The van der Waals surface area contributed by atoms with Crippen LogP contribution < -0.4 is 10.1 Å². The fourth-order valence-corrected chi connectivity index (χ4v) is 2.20. The van der Waals surface area contributed by atoms with E-state index in [-0.39, 0.29) is 5.91 Å². The molecule has 6 heteroatoms. The van der Waals surface area contributed by atoms with E-state index >= 15 is 0 Å². The van der Waals surface area contributed by atoms with Crippen LogP contribution in [0.15, 0.2) is 40.9 Å². The molecule has 2 rings (SSSR count). The second kappa shape index (κ2) is 6.48. The van der Waals surface area contributed by atoms with Gasteiger partial charge in [0.05, 0.1) is 22.8 Å². The molecule has 3 nitrogen and oxygen atoms in total. The Balaban J connectivity index is 2.25. The predicted octanol–water partition coefficient (Wildman–Crippen LogP) is 5.02. The van der Waals surface area contributed by atoms with Gasteiger partial charge >= 0.3 is 0 Å². The van der Waals surface area contributed by atoms with Crippen molar-refractivity contribution in [3.05, 3.63) is 56.5 Å². The van der Waals surface area contributed by atoms with Crippen LogP contribution in [0.25, 0.3) is 0 Å². The third-order valence-electron chi connectivity index (χ3n) is 2.60. The number of carbonyl (C=O) groups is 1. The zero-order chi connectivity index (χ0) is 14.7. The van der Waals surface area contributed by atoms with Crippen molar-refractivity contribution in [2.45, 2.75) is 0 Å². The molecule has 0 heterocycles. The molecule has 0 radical (unpaired) electrons. The van der Waals surface area contributed by atoms with Crippen molar-refractivity contribution in [1.29, 1.82) is 0 Å². The van der Waals surface area contributed by atoms with Crippen LogP contribution in [0.2, 0.25) is 10.0 Å². The number of anilines is 1. The van der Waals surface area contributed by atoms with E-state index < -0.39 is 0 Å². The maximum atomic E-state index is 12.2. The van der Waals surface area contributed by atoms with Gasteiger partial charge in [-0.1, -0.05) is 23.2 Å². The van der Waals surface area contributed by atoms with Gasteiger partial charge in [0, 0.05) is 16.1 Å². The Morgan fingerprint density at radius 3 is 2.55 bits per heavy atom. The fraction of sp³-hybridized carbons (Fsp3) is 0.0714. The monoisotopic (exact) mass is 373 g/mol. The number of ether oxygens (including phenoxy) is 1. The minimum absolute atomic E-state index is 0.280. The molecule has 1 N–H and O–H groups in total. The van der Waals surface area contributed by atoms with E-state index in [2.05, 4.69) is 21.2 Å². The summed E-state index contributed by atoms with van der Waals surface area (Å²) in [5, 5.41) is 3.53. The summed E-state index contributed by atoms with van der Waals surface area (Å²) in [5.41, 5.74) is 1.04. The molecule has 0 spiro atoms. The van der Waals surface area contributed by atoms with Gasteiger partial charge in [-0.05, 0) is 46.3 Å². The number of hydrogen-bond acceptors (Lipinski definition) is 2. The molecule has 0 aliphatic carbocycles. The smallest absolute Gasteiger partial charge is 0.255 e. The first-order chi connectivity index (χ1) is 9.51. The Labute approximate surface area is 135 Å². The summed E-state index contributed by atoms with van der Waals surface area (Å²) in [6.07, 6.45) is 0. The van der Waals surface area contributed by atoms with Gasteiger partial charge in [0.15, 0.2) is 0 Å². The highest BCUT2D eigenvalue weighted by atomic mass is 79.9. The summed E-state index contributed by atoms with van der Waals surface area (Å²) in [6.45, 7) is 0. The molecule has 2 aromatic carbocycles. The van der Waals surface area contributed by atoms with Gasteiger partial charge in [-0.2, -0.15) is 0 Å². The molecule has 20 heavy (non-hydrogen) atoms. The Kier molecular flexibility index (Phi) is 4.91. The van der Waals surface area contributed by atoms with Crippen LogP contribution in [-0.2, 0) is 0 Å². The number of benzene rings is 2. The number of carbonyl (C=O) groups excluding carboxylic acids is 1. The summed E-state index contributed by atoms with van der Waals surface area (Å²) in [4.78, 5) is 12.2. The van der Waals surface area contributed by atoms with Gasteiger partial charge in [0.1, 0.15) is 5.75 Å². The van der Waals surface area contributed by atoms with Crippen LogP contribution in [0, 0.1) is 0 Å². The first-order valence-electron chi connectivity index (χ1n) is 5.61. The molecule has 0 unspecified atom stereocenters. The Morgan fingerprint density at radius 1 is 1.15 bits per heavy atom. The second-order valence-corrected chi connectivity index (χ2v) is 5.60. The molecule has 104 valence electrons. The summed E-state index contributed by atoms with van der Waals surface area (Å²) < 4.78 is 5.88. The van der Waals surface area contributed by atoms with Crippen molar-refractivity contribution in [2.24, 2.45) is 0 Å². The molecule has 0 atom stereocenters. The zero-order valence-electron chi connectivity index (χ0n) is 10.4. The first kappa shape index (κ1) is 15.2. The Bertz CT molecular complexity index is 662. The molecule has 0 saturated heterocycles. The van der Waals surface area contributed by atoms with E-state index in [1.807, 2.05) is 0 Å². The van der Waals surface area contributed by atoms with Crippen LogP contribution in [0.3, 0.4) is 0 Å². The fourth-order valence-electron chi connectivity index (χ4n) is 1.56. The third kappa shape index (κ3) is 3.45. The van der Waals surface area contributed by atoms with Crippen LogP contribution in [-0.4, -0.2) is 13.0 Å². The van der Waals surface area contributed by atoms with Crippen LogP contribution in [0.5, 0.6) is 5.75 Å². The van der Waals surface area contributed by atoms with Gasteiger partial charge in [0.25, 0.3) is 5.91 Å². The van der Waals surface area contributed by atoms with Crippen molar-refractivity contribution in [3.8, 4) is 5.75 Å². The molecule has 0 aliphatic rings. The lowest BCUT2D eigenvalue weighted by molar-refractivity contribution is 0.102. The quantitative estimate of drug-likeness (QED) is 0.819. The van der Waals surface area contributed by atoms with Gasteiger partial charge in [-0.25, -0.2) is 0 Å². The lowest BCUT2D eigenvalue weighted by atomic mass is 10.2. The lowest BCUT2D eigenvalue weighted by Gasteiger charge is -2.09. The predicted molar refractivity (Wildman–Crippen MR) is 85.1 cm³/mol. The SMILES string of the molecule is COc1ccc(Br)c(NC(=O)c2ccc(Cl)c(Cl)c2)c1. The molecular weight excluding hydrogens is 365 g/mol. The normalized spacial score (nSPS) is 10.2. The number of halogens is 3. The molecule has 0 fully saturated rings. The van der Waals surface area contributed by atoms with Crippen LogP contribution in [0.1, 0.15) is 10.4 Å². The largest absolute Gasteiger partial charge is 0.497 e. The number of amides is 1. The number of rotatable bonds is 3. The second-order valence-electron chi connectivity index (χ2n) is 3.93. The van der Waals surface area contributed by atoms with Crippen molar-refractivity contribution >= 4 is 50.7 Å². The van der Waals surface area contributed by atoms with E-state index in [0.29, 0.717) is 27.0 Å². The van der Waals surface area contributed by atoms with Crippen molar-refractivity contribution in [3.63, 3.8) is 0 Å². The highest BCUT2D eigenvalue weighted by molar-refractivity contribution is 9.10. The molecule has 2 aromatic rings. The highest BCUT2D eigenvalue weighted by Gasteiger charge is 2.11. The van der Waals surface area contributed by atoms with Crippen molar-refractivity contribution in [2.75, 3.05) is 12.4 Å². The first-order valence-corrected chi connectivity index (χ1v) is 7.16. The Hall–Kier alpha value is -1.23. The minimum Gasteiger partial charge on any atom is -0.497 e. The molecule has 1 amide bonds. The van der Waals surface area contributed by atoms with E-state index in [9.17, 15) is 4.79 Å². The van der Waals surface area contributed by atoms with E-state index in [0.717, 1.165) is 4.47 Å². The number of methoxy groups -OCH3 is 1. The average Bonchev–Trinajstić information content (AvgIpc) is 2.44. The maximum absolute atomic E-state index is 12.2. The average molecular weight is 375 g/mol. The van der Waals surface area contributed by atoms with Gasteiger partial charge in [-0.15, -0.1) is 0 Å². The zero-order valence-corrected chi connectivity index (χ0v) is 13.5. The molecule has 0 saturated carbocycles.